The quantitative estimate of drug-likeness (QED) is 0.403. The Bertz CT molecular complexity index is 1120. The van der Waals surface area contributed by atoms with E-state index in [0.29, 0.717) is 17.0 Å². The molecule has 4 N–H and O–H groups in total. The van der Waals surface area contributed by atoms with Crippen LogP contribution in [0.3, 0.4) is 0 Å². The van der Waals surface area contributed by atoms with Gasteiger partial charge in [0, 0.05) is 23.5 Å². The van der Waals surface area contributed by atoms with Gasteiger partial charge in [-0.05, 0) is 47.6 Å². The largest absolute Gasteiger partial charge is 0.394 e. The van der Waals surface area contributed by atoms with Gasteiger partial charge in [0.25, 0.3) is 0 Å². The maximum absolute atomic E-state index is 15.5. The number of carbonyl (C=O) groups is 1. The SMILES string of the molecule is CC(C)(C)C[C@@H]1N[C@@H](C(=O)NCC[C@@H](O)CO)[C@H](c2cccc(Cl)c2F)[C@@]1(C#N)c1ccc(Cl)cc1. The maximum atomic E-state index is 15.5. The second-order valence-corrected chi connectivity index (χ2v) is 11.3. The van der Waals surface area contributed by atoms with Crippen molar-refractivity contribution in [3.8, 4) is 6.07 Å². The molecule has 6 nitrogen and oxygen atoms in total. The molecule has 3 rings (SSSR count). The average molecular weight is 536 g/mol. The first-order valence-electron chi connectivity index (χ1n) is 11.9. The highest BCUT2D eigenvalue weighted by molar-refractivity contribution is 6.31. The third-order valence-corrected chi connectivity index (χ3v) is 7.21. The van der Waals surface area contributed by atoms with Gasteiger partial charge in [-0.3, -0.25) is 4.79 Å². The number of hydrogen-bond acceptors (Lipinski definition) is 5. The van der Waals surface area contributed by atoms with E-state index in [1.807, 2.05) is 20.8 Å². The summed E-state index contributed by atoms with van der Waals surface area (Å²) < 4.78 is 15.5. The van der Waals surface area contributed by atoms with Gasteiger partial charge in [0.1, 0.15) is 11.2 Å². The molecule has 1 heterocycles. The highest BCUT2D eigenvalue weighted by atomic mass is 35.5. The second kappa shape index (κ2) is 11.5. The summed E-state index contributed by atoms with van der Waals surface area (Å²) in [5, 5.41) is 36.1. The Morgan fingerprint density at radius 3 is 2.50 bits per heavy atom. The van der Waals surface area contributed by atoms with E-state index >= 15 is 4.39 Å². The van der Waals surface area contributed by atoms with Crippen molar-refractivity contribution in [1.82, 2.24) is 10.6 Å². The molecule has 2 aromatic carbocycles. The molecule has 5 atom stereocenters. The topological polar surface area (TPSA) is 105 Å². The van der Waals surface area contributed by atoms with Crippen molar-refractivity contribution in [3.63, 3.8) is 0 Å². The summed E-state index contributed by atoms with van der Waals surface area (Å²) in [5.74, 6) is -2.03. The maximum Gasteiger partial charge on any atom is 0.237 e. The number of amides is 1. The number of halogens is 3. The van der Waals surface area contributed by atoms with E-state index in [2.05, 4.69) is 16.7 Å². The number of nitrogens with zero attached hydrogens (tertiary/aromatic N) is 1. The highest BCUT2D eigenvalue weighted by Gasteiger charge is 2.60. The minimum Gasteiger partial charge on any atom is -0.394 e. The summed E-state index contributed by atoms with van der Waals surface area (Å²) in [4.78, 5) is 13.5. The predicted octanol–water partition coefficient (Wildman–Crippen LogP) is 4.31. The Balaban J connectivity index is 2.19. The zero-order valence-electron chi connectivity index (χ0n) is 20.6. The first-order valence-corrected chi connectivity index (χ1v) is 12.6. The van der Waals surface area contributed by atoms with Crippen molar-refractivity contribution in [3.05, 3.63) is 69.5 Å². The summed E-state index contributed by atoms with van der Waals surface area (Å²) in [6.07, 6.45) is -0.296. The number of nitrogens with one attached hydrogen (secondary N) is 2. The summed E-state index contributed by atoms with van der Waals surface area (Å²) >= 11 is 12.3. The van der Waals surface area contributed by atoms with Crippen LogP contribution >= 0.6 is 23.2 Å². The van der Waals surface area contributed by atoms with Gasteiger partial charge in [-0.15, -0.1) is 0 Å². The smallest absolute Gasteiger partial charge is 0.237 e. The average Bonchev–Trinajstić information content (AvgIpc) is 3.14. The first kappa shape index (κ1) is 28.4. The molecule has 0 spiro atoms. The van der Waals surface area contributed by atoms with Crippen molar-refractivity contribution < 1.29 is 19.4 Å². The van der Waals surface area contributed by atoms with E-state index in [4.69, 9.17) is 28.3 Å². The van der Waals surface area contributed by atoms with E-state index in [1.54, 1.807) is 36.4 Å². The standard InChI is InChI=1S/C27H32Cl2FN3O3/c1-26(2,3)13-21-27(15-31,16-7-9-17(28)10-8-16)22(19-5-4-6-20(29)23(19)30)24(33-21)25(36)32-12-11-18(35)14-34/h4-10,18,21-22,24,33-35H,11-14H2,1-3H3,(H,32,36)/t18-,21+,22+,24-,27+/m1/s1. The molecule has 0 radical (unpaired) electrons. The van der Waals surface area contributed by atoms with Crippen molar-refractivity contribution in [1.29, 1.82) is 5.26 Å². The van der Waals surface area contributed by atoms with Crippen molar-refractivity contribution >= 4 is 29.1 Å². The van der Waals surface area contributed by atoms with Gasteiger partial charge in [-0.2, -0.15) is 5.26 Å². The summed E-state index contributed by atoms with van der Waals surface area (Å²) in [6.45, 7) is 5.80. The minimum absolute atomic E-state index is 0.0973. The molecule has 36 heavy (non-hydrogen) atoms. The van der Waals surface area contributed by atoms with Crippen LogP contribution in [0.4, 0.5) is 4.39 Å². The summed E-state index contributed by atoms with van der Waals surface area (Å²) in [5.41, 5.74) is -0.763. The van der Waals surface area contributed by atoms with Crippen molar-refractivity contribution in [2.75, 3.05) is 13.2 Å². The Hall–Kier alpha value is -2.21. The molecule has 0 aliphatic carbocycles. The van der Waals surface area contributed by atoms with E-state index in [9.17, 15) is 15.2 Å². The van der Waals surface area contributed by atoms with E-state index in [-0.39, 0.29) is 29.0 Å². The number of aliphatic hydroxyl groups is 2. The van der Waals surface area contributed by atoms with E-state index < -0.39 is 47.9 Å². The summed E-state index contributed by atoms with van der Waals surface area (Å²) in [7, 11) is 0. The molecule has 1 aliphatic heterocycles. The van der Waals surface area contributed by atoms with Crippen LogP contribution in [-0.2, 0) is 10.2 Å². The Labute approximate surface area is 221 Å². The molecule has 0 unspecified atom stereocenters. The lowest BCUT2D eigenvalue weighted by atomic mass is 9.63. The zero-order valence-corrected chi connectivity index (χ0v) is 22.1. The van der Waals surface area contributed by atoms with Gasteiger partial charge in [-0.1, -0.05) is 68.2 Å². The number of aliphatic hydroxyl groups excluding tert-OH is 2. The second-order valence-electron chi connectivity index (χ2n) is 10.5. The van der Waals surface area contributed by atoms with Crippen LogP contribution in [0.25, 0.3) is 0 Å². The molecular formula is C27H32Cl2FN3O3. The van der Waals surface area contributed by atoms with Crippen LogP contribution in [0.1, 0.15) is 50.7 Å². The molecule has 0 bridgehead atoms. The normalized spacial score (nSPS) is 24.8. The van der Waals surface area contributed by atoms with Crippen LogP contribution in [0.2, 0.25) is 10.0 Å². The molecule has 0 saturated carbocycles. The monoisotopic (exact) mass is 535 g/mol. The van der Waals surface area contributed by atoms with Crippen LogP contribution in [0.15, 0.2) is 42.5 Å². The number of rotatable bonds is 8. The molecule has 9 heteroatoms. The van der Waals surface area contributed by atoms with Crippen molar-refractivity contribution in [2.24, 2.45) is 5.41 Å². The number of carbonyl (C=O) groups excluding carboxylic acids is 1. The number of benzene rings is 2. The van der Waals surface area contributed by atoms with Crippen LogP contribution < -0.4 is 10.6 Å². The van der Waals surface area contributed by atoms with E-state index in [1.165, 1.54) is 6.07 Å². The lowest BCUT2D eigenvalue weighted by molar-refractivity contribution is -0.123. The fourth-order valence-corrected chi connectivity index (χ4v) is 5.36. The van der Waals surface area contributed by atoms with Gasteiger partial charge in [-0.25, -0.2) is 4.39 Å². The lowest BCUT2D eigenvalue weighted by Crippen LogP contribution is -2.46. The third-order valence-electron chi connectivity index (χ3n) is 6.66. The minimum atomic E-state index is -1.32. The first-order chi connectivity index (χ1) is 16.9. The number of nitriles is 1. The molecule has 1 aliphatic rings. The predicted molar refractivity (Wildman–Crippen MR) is 138 cm³/mol. The Morgan fingerprint density at radius 2 is 1.92 bits per heavy atom. The molecule has 1 saturated heterocycles. The van der Waals surface area contributed by atoms with Crippen LogP contribution in [0, 0.1) is 22.6 Å². The number of hydrogen-bond donors (Lipinski definition) is 4. The molecular weight excluding hydrogens is 504 g/mol. The molecule has 2 aromatic rings. The zero-order chi connectivity index (χ0) is 26.7. The van der Waals surface area contributed by atoms with Crippen LogP contribution in [-0.4, -0.2) is 47.5 Å². The van der Waals surface area contributed by atoms with Crippen LogP contribution in [0.5, 0.6) is 0 Å². The summed E-state index contributed by atoms with van der Waals surface area (Å²) in [6, 6.07) is 12.5. The Morgan fingerprint density at radius 1 is 1.25 bits per heavy atom. The molecule has 0 aromatic heterocycles. The van der Waals surface area contributed by atoms with Gasteiger partial charge >= 0.3 is 0 Å². The lowest BCUT2D eigenvalue weighted by Gasteiger charge is -2.37. The van der Waals surface area contributed by atoms with Crippen molar-refractivity contribution in [2.45, 2.75) is 63.1 Å². The molecule has 1 fully saturated rings. The highest BCUT2D eigenvalue weighted by Crippen LogP contribution is 2.52. The molecule has 1 amide bonds. The van der Waals surface area contributed by atoms with Gasteiger partial charge in [0.15, 0.2) is 0 Å². The molecule has 194 valence electrons. The fraction of sp³-hybridized carbons (Fsp3) is 0.481. The third kappa shape index (κ3) is 5.85. The fourth-order valence-electron chi connectivity index (χ4n) is 5.05. The van der Waals surface area contributed by atoms with E-state index in [0.717, 1.165) is 0 Å². The van der Waals surface area contributed by atoms with Gasteiger partial charge < -0.3 is 20.8 Å². The van der Waals surface area contributed by atoms with Gasteiger partial charge in [0.05, 0.1) is 29.8 Å². The van der Waals surface area contributed by atoms with Gasteiger partial charge in [0.2, 0.25) is 5.91 Å². The Kier molecular flexibility index (Phi) is 9.02.